The molecule has 18 heavy (non-hydrogen) atoms. The van der Waals surface area contributed by atoms with Crippen LogP contribution in [0.15, 0.2) is 40.2 Å². The summed E-state index contributed by atoms with van der Waals surface area (Å²) in [7, 11) is 1.68. The Labute approximate surface area is 119 Å². The predicted octanol–water partition coefficient (Wildman–Crippen LogP) is 3.27. The van der Waals surface area contributed by atoms with Gasteiger partial charge in [0, 0.05) is 4.47 Å². The van der Waals surface area contributed by atoms with E-state index in [1.807, 2.05) is 29.6 Å². The average molecular weight is 327 g/mol. The van der Waals surface area contributed by atoms with E-state index in [1.165, 1.54) is 5.56 Å². The number of nitrogens with two attached hydrogens (primary N) is 1. The SMILES string of the molecule is COc1ccsc1C(Cc1ccccc1Br)NN. The molecule has 1 aromatic carbocycles. The van der Waals surface area contributed by atoms with Crippen molar-refractivity contribution in [2.45, 2.75) is 12.5 Å². The van der Waals surface area contributed by atoms with Gasteiger partial charge < -0.3 is 4.74 Å². The molecule has 0 aliphatic heterocycles. The fourth-order valence-corrected chi connectivity index (χ4v) is 3.21. The predicted molar refractivity (Wildman–Crippen MR) is 78.8 cm³/mol. The summed E-state index contributed by atoms with van der Waals surface area (Å²) in [6, 6.07) is 10.2. The minimum atomic E-state index is 0.0543. The maximum atomic E-state index is 5.67. The van der Waals surface area contributed by atoms with Gasteiger partial charge in [-0.2, -0.15) is 0 Å². The van der Waals surface area contributed by atoms with Crippen LogP contribution in [0.5, 0.6) is 5.75 Å². The molecule has 3 nitrogen and oxygen atoms in total. The Hall–Kier alpha value is -0.880. The number of hydrogen-bond donors (Lipinski definition) is 2. The fourth-order valence-electron chi connectivity index (χ4n) is 1.84. The van der Waals surface area contributed by atoms with E-state index >= 15 is 0 Å². The topological polar surface area (TPSA) is 47.3 Å². The van der Waals surface area contributed by atoms with Crippen molar-refractivity contribution in [1.82, 2.24) is 5.43 Å². The minimum absolute atomic E-state index is 0.0543. The first-order valence-electron chi connectivity index (χ1n) is 5.57. The van der Waals surface area contributed by atoms with Crippen molar-refractivity contribution >= 4 is 27.3 Å². The van der Waals surface area contributed by atoms with Crippen LogP contribution in [0.1, 0.15) is 16.5 Å². The van der Waals surface area contributed by atoms with Crippen molar-refractivity contribution in [3.8, 4) is 5.75 Å². The Bertz CT molecular complexity index is 515. The number of hydrogen-bond acceptors (Lipinski definition) is 4. The standard InChI is InChI=1S/C13H15BrN2OS/c1-17-12-6-7-18-13(12)11(16-15)8-9-4-2-3-5-10(9)14/h2-7,11,16H,8,15H2,1H3. The summed E-state index contributed by atoms with van der Waals surface area (Å²) in [6.45, 7) is 0. The van der Waals surface area contributed by atoms with E-state index in [4.69, 9.17) is 10.6 Å². The lowest BCUT2D eigenvalue weighted by Gasteiger charge is -2.16. The summed E-state index contributed by atoms with van der Waals surface area (Å²) < 4.78 is 6.44. The molecule has 0 saturated heterocycles. The molecule has 0 bridgehead atoms. The lowest BCUT2D eigenvalue weighted by molar-refractivity contribution is 0.403. The molecule has 96 valence electrons. The van der Waals surface area contributed by atoms with Crippen molar-refractivity contribution in [2.75, 3.05) is 7.11 Å². The van der Waals surface area contributed by atoms with Crippen molar-refractivity contribution in [3.63, 3.8) is 0 Å². The summed E-state index contributed by atoms with van der Waals surface area (Å²) in [6.07, 6.45) is 0.814. The van der Waals surface area contributed by atoms with E-state index in [-0.39, 0.29) is 6.04 Å². The van der Waals surface area contributed by atoms with Crippen molar-refractivity contribution in [1.29, 1.82) is 0 Å². The lowest BCUT2D eigenvalue weighted by Crippen LogP contribution is -2.29. The first kappa shape index (κ1) is 13.5. The molecule has 3 N–H and O–H groups in total. The third-order valence-corrected chi connectivity index (χ3v) is 4.56. The highest BCUT2D eigenvalue weighted by Gasteiger charge is 2.17. The van der Waals surface area contributed by atoms with Crippen LogP contribution in [-0.2, 0) is 6.42 Å². The average Bonchev–Trinajstić information content (AvgIpc) is 2.86. The summed E-state index contributed by atoms with van der Waals surface area (Å²) >= 11 is 5.21. The molecule has 0 saturated carbocycles. The third-order valence-electron chi connectivity index (χ3n) is 2.78. The van der Waals surface area contributed by atoms with Crippen LogP contribution in [0.2, 0.25) is 0 Å². The summed E-state index contributed by atoms with van der Waals surface area (Å²) in [5.74, 6) is 6.56. The highest BCUT2D eigenvalue weighted by molar-refractivity contribution is 9.10. The van der Waals surface area contributed by atoms with Gasteiger partial charge in [-0.25, -0.2) is 0 Å². The van der Waals surface area contributed by atoms with Gasteiger partial charge in [0.1, 0.15) is 5.75 Å². The number of benzene rings is 1. The van der Waals surface area contributed by atoms with Crippen molar-refractivity contribution in [3.05, 3.63) is 50.6 Å². The zero-order valence-corrected chi connectivity index (χ0v) is 12.4. The molecule has 1 unspecified atom stereocenters. The van der Waals surface area contributed by atoms with Gasteiger partial charge in [0.15, 0.2) is 0 Å². The van der Waals surface area contributed by atoms with E-state index in [1.54, 1.807) is 18.4 Å². The van der Waals surface area contributed by atoms with Gasteiger partial charge in [0.25, 0.3) is 0 Å². The Morgan fingerprint density at radius 3 is 2.83 bits per heavy atom. The lowest BCUT2D eigenvalue weighted by atomic mass is 10.0. The fraction of sp³-hybridized carbons (Fsp3) is 0.231. The molecule has 0 radical (unpaired) electrons. The molecule has 0 fully saturated rings. The number of hydrazine groups is 1. The van der Waals surface area contributed by atoms with Crippen LogP contribution in [0.4, 0.5) is 0 Å². The normalized spacial score (nSPS) is 12.4. The zero-order valence-electron chi connectivity index (χ0n) is 10.0. The Kier molecular flexibility index (Phi) is 4.77. The second-order valence-electron chi connectivity index (χ2n) is 3.87. The molecule has 1 atom stereocenters. The number of methoxy groups -OCH3 is 1. The van der Waals surface area contributed by atoms with Gasteiger partial charge in [-0.15, -0.1) is 11.3 Å². The number of nitrogens with one attached hydrogen (secondary N) is 1. The van der Waals surface area contributed by atoms with Gasteiger partial charge in [-0.3, -0.25) is 11.3 Å². The monoisotopic (exact) mass is 326 g/mol. The maximum absolute atomic E-state index is 5.67. The van der Waals surface area contributed by atoms with E-state index in [2.05, 4.69) is 27.4 Å². The van der Waals surface area contributed by atoms with Gasteiger partial charge in [-0.1, -0.05) is 34.1 Å². The molecule has 2 rings (SSSR count). The zero-order chi connectivity index (χ0) is 13.0. The largest absolute Gasteiger partial charge is 0.496 e. The maximum Gasteiger partial charge on any atom is 0.134 e. The van der Waals surface area contributed by atoms with E-state index in [0.29, 0.717) is 0 Å². The van der Waals surface area contributed by atoms with E-state index in [0.717, 1.165) is 21.5 Å². The Balaban J connectivity index is 2.23. The first-order chi connectivity index (χ1) is 8.76. The number of halogens is 1. The van der Waals surface area contributed by atoms with Crippen LogP contribution >= 0.6 is 27.3 Å². The molecular weight excluding hydrogens is 312 g/mol. The summed E-state index contributed by atoms with van der Waals surface area (Å²) in [4.78, 5) is 1.12. The highest BCUT2D eigenvalue weighted by atomic mass is 79.9. The van der Waals surface area contributed by atoms with Gasteiger partial charge >= 0.3 is 0 Å². The van der Waals surface area contributed by atoms with Crippen LogP contribution < -0.4 is 16.0 Å². The second-order valence-corrected chi connectivity index (χ2v) is 5.67. The van der Waals surface area contributed by atoms with Gasteiger partial charge in [0.2, 0.25) is 0 Å². The molecule has 2 aromatic rings. The molecular formula is C13H15BrN2OS. The minimum Gasteiger partial charge on any atom is -0.496 e. The number of thiophene rings is 1. The van der Waals surface area contributed by atoms with Crippen LogP contribution in [0, 0.1) is 0 Å². The molecule has 5 heteroatoms. The van der Waals surface area contributed by atoms with Crippen LogP contribution in [0.3, 0.4) is 0 Å². The van der Waals surface area contributed by atoms with Gasteiger partial charge in [-0.05, 0) is 29.5 Å². The molecule has 0 aliphatic carbocycles. The third kappa shape index (κ3) is 2.92. The molecule has 1 aromatic heterocycles. The Morgan fingerprint density at radius 2 is 2.17 bits per heavy atom. The number of rotatable bonds is 5. The second kappa shape index (κ2) is 6.33. The molecule has 0 aliphatic rings. The first-order valence-corrected chi connectivity index (χ1v) is 7.24. The van der Waals surface area contributed by atoms with E-state index < -0.39 is 0 Å². The molecule has 0 amide bonds. The van der Waals surface area contributed by atoms with Crippen molar-refractivity contribution < 1.29 is 4.74 Å². The summed E-state index contributed by atoms with van der Waals surface area (Å²) in [5.41, 5.74) is 4.08. The number of ether oxygens (including phenoxy) is 1. The molecule has 0 spiro atoms. The van der Waals surface area contributed by atoms with Crippen molar-refractivity contribution in [2.24, 2.45) is 5.84 Å². The quantitative estimate of drug-likeness (QED) is 0.654. The van der Waals surface area contributed by atoms with Crippen LogP contribution in [0.25, 0.3) is 0 Å². The summed E-state index contributed by atoms with van der Waals surface area (Å²) in [5, 5.41) is 2.01. The Morgan fingerprint density at radius 1 is 1.39 bits per heavy atom. The van der Waals surface area contributed by atoms with Gasteiger partial charge in [0.05, 0.1) is 18.0 Å². The molecule has 1 heterocycles. The van der Waals surface area contributed by atoms with Crippen LogP contribution in [-0.4, -0.2) is 7.11 Å². The smallest absolute Gasteiger partial charge is 0.134 e. The highest BCUT2D eigenvalue weighted by Crippen LogP contribution is 2.33. The van der Waals surface area contributed by atoms with E-state index in [9.17, 15) is 0 Å².